The third kappa shape index (κ3) is 6.52. The predicted molar refractivity (Wildman–Crippen MR) is 103 cm³/mol. The molecule has 0 radical (unpaired) electrons. The van der Waals surface area contributed by atoms with Crippen molar-refractivity contribution >= 4 is 0 Å². The van der Waals surface area contributed by atoms with Gasteiger partial charge in [0, 0.05) is 39.3 Å². The lowest BCUT2D eigenvalue weighted by Gasteiger charge is -2.23. The quantitative estimate of drug-likeness (QED) is 0.516. The van der Waals surface area contributed by atoms with Crippen LogP contribution in [0.4, 0.5) is 0 Å². The molecule has 0 bridgehead atoms. The van der Waals surface area contributed by atoms with Crippen molar-refractivity contribution in [1.29, 1.82) is 0 Å². The van der Waals surface area contributed by atoms with Crippen molar-refractivity contribution in [2.45, 2.75) is 44.9 Å². The number of epoxide rings is 4. The summed E-state index contributed by atoms with van der Waals surface area (Å²) < 4.78 is 21.7. The molecule has 4 saturated heterocycles. The second-order valence-electron chi connectivity index (χ2n) is 8.03. The van der Waals surface area contributed by atoms with Gasteiger partial charge in [0.1, 0.15) is 0 Å². The monoisotopic (exact) mass is 376 g/mol. The molecule has 0 amide bonds. The van der Waals surface area contributed by atoms with Gasteiger partial charge < -0.3 is 18.9 Å². The molecule has 0 N–H and O–H groups in total. The Balaban J connectivity index is 0.00000180. The molecule has 4 unspecified atom stereocenters. The van der Waals surface area contributed by atoms with Gasteiger partial charge in [-0.3, -0.25) is 9.80 Å². The van der Waals surface area contributed by atoms with Crippen molar-refractivity contribution in [2.24, 2.45) is 0 Å². The molecule has 27 heavy (non-hydrogen) atoms. The Hall–Kier alpha value is -1.02. The highest BCUT2D eigenvalue weighted by Gasteiger charge is 2.32. The van der Waals surface area contributed by atoms with Crippen molar-refractivity contribution < 1.29 is 18.9 Å². The van der Waals surface area contributed by atoms with Gasteiger partial charge in [-0.1, -0.05) is 31.7 Å². The van der Waals surface area contributed by atoms with Gasteiger partial charge >= 0.3 is 0 Å². The van der Waals surface area contributed by atoms with Crippen LogP contribution < -0.4 is 0 Å². The predicted octanol–water partition coefficient (Wildman–Crippen LogP) is 1.52. The van der Waals surface area contributed by atoms with Crippen LogP contribution in [0.25, 0.3) is 0 Å². The van der Waals surface area contributed by atoms with E-state index in [2.05, 4.69) is 34.1 Å². The normalized spacial score (nSPS) is 30.3. The third-order valence-electron chi connectivity index (χ3n) is 5.26. The summed E-state index contributed by atoms with van der Waals surface area (Å²) in [6, 6.07) is 9.00. The maximum absolute atomic E-state index is 5.43. The summed E-state index contributed by atoms with van der Waals surface area (Å²) >= 11 is 0. The van der Waals surface area contributed by atoms with E-state index in [0.29, 0.717) is 24.4 Å². The van der Waals surface area contributed by atoms with Crippen LogP contribution in [0.5, 0.6) is 0 Å². The van der Waals surface area contributed by atoms with E-state index in [4.69, 9.17) is 18.9 Å². The zero-order valence-electron chi connectivity index (χ0n) is 15.2. The molecule has 1 aromatic rings. The molecular formula is C21H32N2O4. The summed E-state index contributed by atoms with van der Waals surface area (Å²) in [6.07, 6.45) is 1.68. The minimum Gasteiger partial charge on any atom is -0.372 e. The van der Waals surface area contributed by atoms with E-state index in [1.54, 1.807) is 0 Å². The zero-order chi connectivity index (χ0) is 17.3. The van der Waals surface area contributed by atoms with Crippen LogP contribution in [-0.2, 0) is 32.0 Å². The summed E-state index contributed by atoms with van der Waals surface area (Å²) in [5.41, 5.74) is 2.74. The van der Waals surface area contributed by atoms with Gasteiger partial charge in [0.25, 0.3) is 0 Å². The Morgan fingerprint density at radius 1 is 0.667 bits per heavy atom. The van der Waals surface area contributed by atoms with E-state index in [9.17, 15) is 0 Å². The molecule has 150 valence electrons. The molecule has 0 aliphatic carbocycles. The lowest BCUT2D eigenvalue weighted by Crippen LogP contribution is -2.32. The van der Waals surface area contributed by atoms with E-state index in [1.807, 2.05) is 0 Å². The Kier molecular flexibility index (Phi) is 6.12. The van der Waals surface area contributed by atoms with Gasteiger partial charge in [-0.2, -0.15) is 0 Å². The average Bonchev–Trinajstić information content (AvgIpc) is 3.40. The maximum Gasteiger partial charge on any atom is 0.0936 e. The highest BCUT2D eigenvalue weighted by molar-refractivity contribution is 5.23. The fourth-order valence-corrected chi connectivity index (χ4v) is 3.60. The summed E-state index contributed by atoms with van der Waals surface area (Å²) in [5.74, 6) is 0. The first kappa shape index (κ1) is 19.3. The Morgan fingerprint density at radius 2 is 1.00 bits per heavy atom. The first-order valence-corrected chi connectivity index (χ1v) is 9.79. The largest absolute Gasteiger partial charge is 0.372 e. The van der Waals surface area contributed by atoms with Gasteiger partial charge in [0.15, 0.2) is 0 Å². The van der Waals surface area contributed by atoms with E-state index in [0.717, 1.165) is 65.7 Å². The molecular weight excluding hydrogens is 344 g/mol. The van der Waals surface area contributed by atoms with Gasteiger partial charge in [-0.25, -0.2) is 0 Å². The van der Waals surface area contributed by atoms with E-state index < -0.39 is 0 Å². The summed E-state index contributed by atoms with van der Waals surface area (Å²) in [6.45, 7) is 9.58. The molecule has 4 fully saturated rings. The first-order valence-electron chi connectivity index (χ1n) is 9.79. The van der Waals surface area contributed by atoms with Crippen LogP contribution in [0.15, 0.2) is 24.3 Å². The van der Waals surface area contributed by atoms with Crippen molar-refractivity contribution in [3.63, 3.8) is 0 Å². The van der Waals surface area contributed by atoms with E-state index >= 15 is 0 Å². The van der Waals surface area contributed by atoms with Crippen molar-refractivity contribution in [3.8, 4) is 0 Å². The Morgan fingerprint density at radius 3 is 1.30 bits per heavy atom. The van der Waals surface area contributed by atoms with Gasteiger partial charge in [0.05, 0.1) is 50.8 Å². The molecule has 0 saturated carbocycles. The van der Waals surface area contributed by atoms with Crippen LogP contribution in [0.3, 0.4) is 0 Å². The fourth-order valence-electron chi connectivity index (χ4n) is 3.60. The lowest BCUT2D eigenvalue weighted by molar-refractivity contribution is 0.210. The molecule has 4 aliphatic rings. The lowest BCUT2D eigenvalue weighted by atomic mass is 10.1. The molecule has 0 aromatic heterocycles. The van der Waals surface area contributed by atoms with E-state index in [-0.39, 0.29) is 7.43 Å². The molecule has 4 atom stereocenters. The number of hydrogen-bond donors (Lipinski definition) is 0. The number of benzene rings is 1. The molecule has 6 nitrogen and oxygen atoms in total. The van der Waals surface area contributed by atoms with Crippen molar-refractivity contribution in [2.75, 3.05) is 52.6 Å². The molecule has 1 aromatic carbocycles. The summed E-state index contributed by atoms with van der Waals surface area (Å²) in [5, 5.41) is 0. The minimum atomic E-state index is 0. The minimum absolute atomic E-state index is 0. The second kappa shape index (κ2) is 8.55. The van der Waals surface area contributed by atoms with Crippen LogP contribution in [0.1, 0.15) is 18.6 Å². The van der Waals surface area contributed by atoms with Crippen LogP contribution >= 0.6 is 0 Å². The Labute approximate surface area is 162 Å². The number of rotatable bonds is 12. The fraction of sp³-hybridized carbons (Fsp3) is 0.714. The molecule has 6 heteroatoms. The molecule has 5 rings (SSSR count). The van der Waals surface area contributed by atoms with Crippen LogP contribution in [0.2, 0.25) is 0 Å². The number of nitrogens with zero attached hydrogens (tertiary/aromatic N) is 2. The highest BCUT2D eigenvalue weighted by Crippen LogP contribution is 2.21. The van der Waals surface area contributed by atoms with Crippen LogP contribution in [0, 0.1) is 0 Å². The van der Waals surface area contributed by atoms with Gasteiger partial charge in [0.2, 0.25) is 0 Å². The standard InChI is InChI=1S/C20H28N2O4.CH4/c1-2-15(5-21(7-17-11-23-17)8-18-12-24-18)4-16(3-1)6-22(9-19-13-25-19)10-20-14-26-20;/h1-4,17-20H,5-14H2;1H4. The first-order chi connectivity index (χ1) is 12.8. The van der Waals surface area contributed by atoms with Crippen molar-refractivity contribution in [3.05, 3.63) is 35.4 Å². The molecule has 4 heterocycles. The average molecular weight is 376 g/mol. The smallest absolute Gasteiger partial charge is 0.0936 e. The van der Waals surface area contributed by atoms with Crippen molar-refractivity contribution in [1.82, 2.24) is 9.80 Å². The maximum atomic E-state index is 5.43. The number of ether oxygens (including phenoxy) is 4. The van der Waals surface area contributed by atoms with Crippen LogP contribution in [-0.4, -0.2) is 86.8 Å². The van der Waals surface area contributed by atoms with E-state index in [1.165, 1.54) is 11.1 Å². The Bertz CT molecular complexity index is 535. The molecule has 0 spiro atoms. The second-order valence-corrected chi connectivity index (χ2v) is 8.03. The zero-order valence-corrected chi connectivity index (χ0v) is 15.2. The third-order valence-corrected chi connectivity index (χ3v) is 5.26. The topological polar surface area (TPSA) is 56.6 Å². The SMILES string of the molecule is C.c1cc(CN(CC2CO2)CC2CO2)cc(CN(CC2CO2)CC2CO2)c1. The van der Waals surface area contributed by atoms with Gasteiger partial charge in [-0.05, 0) is 11.1 Å². The molecule has 4 aliphatic heterocycles. The summed E-state index contributed by atoms with van der Waals surface area (Å²) in [7, 11) is 0. The highest BCUT2D eigenvalue weighted by atomic mass is 16.6. The summed E-state index contributed by atoms with van der Waals surface area (Å²) in [4.78, 5) is 4.95. The van der Waals surface area contributed by atoms with Gasteiger partial charge in [-0.15, -0.1) is 0 Å². The number of hydrogen-bond acceptors (Lipinski definition) is 6.